The first-order chi connectivity index (χ1) is 7.18. The fourth-order valence-electron chi connectivity index (χ4n) is 1.62. The number of hydrogen-bond acceptors (Lipinski definition) is 2. The molecule has 0 amide bonds. The van der Waals surface area contributed by atoms with Gasteiger partial charge in [0.1, 0.15) is 13.1 Å². The first-order valence-corrected chi connectivity index (χ1v) is 6.08. The molecule has 0 aromatic carbocycles. The summed E-state index contributed by atoms with van der Waals surface area (Å²) in [5.41, 5.74) is 0. The van der Waals surface area contributed by atoms with Gasteiger partial charge in [-0.05, 0) is 13.3 Å². The number of hydrogen-bond donors (Lipinski definition) is 0. The van der Waals surface area contributed by atoms with Crippen LogP contribution in [-0.4, -0.2) is 58.1 Å². The van der Waals surface area contributed by atoms with Crippen molar-refractivity contribution >= 4 is 0 Å². The van der Waals surface area contributed by atoms with Crippen molar-refractivity contribution in [2.75, 3.05) is 53.6 Å². The second-order valence-electron chi connectivity index (χ2n) is 4.33. The molecule has 0 heterocycles. The maximum atomic E-state index is 5.43. The molecule has 0 fully saturated rings. The van der Waals surface area contributed by atoms with Gasteiger partial charge in [-0.1, -0.05) is 13.3 Å². The highest BCUT2D eigenvalue weighted by atomic mass is 16.5. The largest absolute Gasteiger partial charge is 0.379 e. The second-order valence-corrected chi connectivity index (χ2v) is 4.33. The smallest absolute Gasteiger partial charge is 0.102 e. The van der Waals surface area contributed by atoms with E-state index in [0.29, 0.717) is 0 Å². The summed E-state index contributed by atoms with van der Waals surface area (Å²) in [5, 5.41) is 0. The molecule has 0 N–H and O–H groups in total. The van der Waals surface area contributed by atoms with Crippen molar-refractivity contribution < 1.29 is 14.0 Å². The minimum atomic E-state index is 0.818. The molecular weight excluding hydrogens is 190 g/mol. The first-order valence-electron chi connectivity index (χ1n) is 6.08. The molecule has 3 heteroatoms. The molecule has 92 valence electrons. The van der Waals surface area contributed by atoms with Crippen LogP contribution in [0.4, 0.5) is 0 Å². The third-order valence-corrected chi connectivity index (χ3v) is 2.87. The topological polar surface area (TPSA) is 18.5 Å². The van der Waals surface area contributed by atoms with E-state index in [-0.39, 0.29) is 0 Å². The van der Waals surface area contributed by atoms with Gasteiger partial charge in [0.05, 0.1) is 26.8 Å². The summed E-state index contributed by atoms with van der Waals surface area (Å²) in [6, 6.07) is 0. The van der Waals surface area contributed by atoms with Crippen LogP contribution in [0.3, 0.4) is 0 Å². The summed E-state index contributed by atoms with van der Waals surface area (Å²) in [7, 11) is 4.07. The lowest BCUT2D eigenvalue weighted by molar-refractivity contribution is -0.910. The number of nitrogens with zero attached hydrogens (tertiary/aromatic N) is 1. The molecule has 15 heavy (non-hydrogen) atoms. The molecule has 0 spiro atoms. The Hall–Kier alpha value is -0.120. The quantitative estimate of drug-likeness (QED) is 0.412. The van der Waals surface area contributed by atoms with E-state index in [0.717, 1.165) is 37.4 Å². The minimum Gasteiger partial charge on any atom is -0.379 e. The molecule has 0 rings (SSSR count). The Kier molecular flexibility index (Phi) is 9.06. The third kappa shape index (κ3) is 7.77. The highest BCUT2D eigenvalue weighted by Crippen LogP contribution is 2.05. The van der Waals surface area contributed by atoms with E-state index >= 15 is 0 Å². The first kappa shape index (κ1) is 14.9. The Balaban J connectivity index is 3.89. The summed E-state index contributed by atoms with van der Waals surface area (Å²) in [4.78, 5) is 0. The summed E-state index contributed by atoms with van der Waals surface area (Å²) in [6.45, 7) is 10.2. The summed E-state index contributed by atoms with van der Waals surface area (Å²) >= 11 is 0. The average molecular weight is 218 g/mol. The van der Waals surface area contributed by atoms with Crippen molar-refractivity contribution in [2.45, 2.75) is 26.7 Å². The lowest BCUT2D eigenvalue weighted by atomic mass is 10.2. The normalized spacial score (nSPS) is 15.2. The van der Waals surface area contributed by atoms with Crippen LogP contribution in [0.15, 0.2) is 0 Å². The van der Waals surface area contributed by atoms with E-state index in [4.69, 9.17) is 9.47 Å². The van der Waals surface area contributed by atoms with Gasteiger partial charge in [-0.3, -0.25) is 0 Å². The Morgan fingerprint density at radius 3 is 2.20 bits per heavy atom. The number of methoxy groups -OCH3 is 1. The molecule has 0 aromatic rings. The Morgan fingerprint density at radius 2 is 1.67 bits per heavy atom. The maximum Gasteiger partial charge on any atom is 0.102 e. The van der Waals surface area contributed by atoms with E-state index in [1.807, 2.05) is 6.92 Å². The van der Waals surface area contributed by atoms with Gasteiger partial charge in [-0.25, -0.2) is 0 Å². The lowest BCUT2D eigenvalue weighted by Gasteiger charge is -2.34. The zero-order chi connectivity index (χ0) is 11.6. The summed E-state index contributed by atoms with van der Waals surface area (Å²) in [5.74, 6) is 0. The van der Waals surface area contributed by atoms with E-state index in [1.165, 1.54) is 19.4 Å². The average Bonchev–Trinajstić information content (AvgIpc) is 2.24. The number of quaternary nitrogens is 1. The fourth-order valence-corrected chi connectivity index (χ4v) is 1.62. The highest BCUT2D eigenvalue weighted by Gasteiger charge is 2.19. The van der Waals surface area contributed by atoms with E-state index in [2.05, 4.69) is 14.0 Å². The van der Waals surface area contributed by atoms with Gasteiger partial charge in [0.25, 0.3) is 0 Å². The van der Waals surface area contributed by atoms with Gasteiger partial charge < -0.3 is 14.0 Å². The van der Waals surface area contributed by atoms with Crippen molar-refractivity contribution in [3.8, 4) is 0 Å². The molecule has 0 bridgehead atoms. The molecule has 3 nitrogen and oxygen atoms in total. The number of ether oxygens (including phenoxy) is 2. The minimum absolute atomic E-state index is 0.818. The molecule has 0 saturated carbocycles. The lowest BCUT2D eigenvalue weighted by Crippen LogP contribution is -2.49. The number of unbranched alkanes of at least 4 members (excludes halogenated alkanes) is 1. The molecule has 1 unspecified atom stereocenters. The van der Waals surface area contributed by atoms with Crippen molar-refractivity contribution in [2.24, 2.45) is 0 Å². The van der Waals surface area contributed by atoms with Crippen LogP contribution in [0.5, 0.6) is 0 Å². The predicted molar refractivity (Wildman–Crippen MR) is 64.1 cm³/mol. The zero-order valence-corrected chi connectivity index (χ0v) is 10.9. The van der Waals surface area contributed by atoms with Gasteiger partial charge in [0, 0.05) is 13.7 Å². The van der Waals surface area contributed by atoms with Crippen LogP contribution >= 0.6 is 0 Å². The van der Waals surface area contributed by atoms with Crippen LogP contribution in [0.25, 0.3) is 0 Å². The molecule has 0 aliphatic heterocycles. The van der Waals surface area contributed by atoms with Crippen LogP contribution in [0, 0.1) is 0 Å². The van der Waals surface area contributed by atoms with Crippen LogP contribution in [0.1, 0.15) is 26.7 Å². The van der Waals surface area contributed by atoms with Crippen LogP contribution in [0.2, 0.25) is 0 Å². The number of likely N-dealkylation sites (N-methyl/N-ethyl adjacent to an activating group) is 1. The standard InChI is InChI=1S/C12H28NO2/c1-5-7-8-13(3,9-11-14-4)10-12-15-6-2/h5-12H2,1-4H3/q+1. The Bertz CT molecular complexity index is 132. The SMILES string of the molecule is CCCC[N+](C)(CCOC)CCOCC. The predicted octanol–water partition coefficient (Wildman–Crippen LogP) is 1.92. The Morgan fingerprint density at radius 1 is 1.00 bits per heavy atom. The Labute approximate surface area is 95.0 Å². The zero-order valence-electron chi connectivity index (χ0n) is 10.9. The highest BCUT2D eigenvalue weighted by molar-refractivity contribution is 4.42. The summed E-state index contributed by atoms with van der Waals surface area (Å²) < 4.78 is 11.7. The van der Waals surface area contributed by atoms with Crippen molar-refractivity contribution in [3.63, 3.8) is 0 Å². The van der Waals surface area contributed by atoms with Crippen LogP contribution < -0.4 is 0 Å². The van der Waals surface area contributed by atoms with Gasteiger partial charge in [-0.15, -0.1) is 0 Å². The molecule has 0 saturated heterocycles. The van der Waals surface area contributed by atoms with E-state index < -0.39 is 0 Å². The van der Waals surface area contributed by atoms with Gasteiger partial charge >= 0.3 is 0 Å². The van der Waals surface area contributed by atoms with Crippen molar-refractivity contribution in [1.29, 1.82) is 0 Å². The second kappa shape index (κ2) is 9.13. The molecular formula is C12H28NO2+. The van der Waals surface area contributed by atoms with Gasteiger partial charge in [0.15, 0.2) is 0 Å². The number of rotatable bonds is 10. The summed E-state index contributed by atoms with van der Waals surface area (Å²) in [6.07, 6.45) is 2.54. The third-order valence-electron chi connectivity index (χ3n) is 2.87. The van der Waals surface area contributed by atoms with Crippen molar-refractivity contribution in [3.05, 3.63) is 0 Å². The molecule has 0 aliphatic carbocycles. The van der Waals surface area contributed by atoms with E-state index in [9.17, 15) is 0 Å². The molecule has 0 radical (unpaired) electrons. The molecule has 0 aromatic heterocycles. The van der Waals surface area contributed by atoms with Crippen LogP contribution in [-0.2, 0) is 9.47 Å². The monoisotopic (exact) mass is 218 g/mol. The fraction of sp³-hybridized carbons (Fsp3) is 1.00. The van der Waals surface area contributed by atoms with E-state index in [1.54, 1.807) is 7.11 Å². The van der Waals surface area contributed by atoms with Gasteiger partial charge in [0.2, 0.25) is 0 Å². The maximum absolute atomic E-state index is 5.43. The molecule has 0 aliphatic rings. The van der Waals surface area contributed by atoms with Gasteiger partial charge in [-0.2, -0.15) is 0 Å². The molecule has 1 atom stereocenters. The van der Waals surface area contributed by atoms with Crippen molar-refractivity contribution in [1.82, 2.24) is 0 Å².